The quantitative estimate of drug-likeness (QED) is 0.669. The molecule has 16 heavy (non-hydrogen) atoms. The topological polar surface area (TPSA) is 15.3 Å². The summed E-state index contributed by atoms with van der Waals surface area (Å²) in [7, 11) is 0. The smallest absolute Gasteiger partial charge is 0.0166 e. The SMILES string of the molecule is CCN(CC)CC(C)NCC1CC=CCC1. The monoisotopic (exact) mass is 224 g/mol. The molecule has 0 saturated heterocycles. The molecule has 0 bridgehead atoms. The predicted molar refractivity (Wildman–Crippen MR) is 71.7 cm³/mol. The van der Waals surface area contributed by atoms with Crippen LogP contribution in [0.25, 0.3) is 0 Å². The number of allylic oxidation sites excluding steroid dienone is 2. The van der Waals surface area contributed by atoms with Crippen molar-refractivity contribution >= 4 is 0 Å². The molecule has 2 unspecified atom stereocenters. The second-order valence-corrected chi connectivity index (χ2v) is 4.95. The van der Waals surface area contributed by atoms with E-state index in [0.29, 0.717) is 6.04 Å². The van der Waals surface area contributed by atoms with Gasteiger partial charge in [-0.15, -0.1) is 0 Å². The lowest BCUT2D eigenvalue weighted by Crippen LogP contribution is -2.41. The van der Waals surface area contributed by atoms with Crippen LogP contribution in [0.4, 0.5) is 0 Å². The third kappa shape index (κ3) is 5.13. The highest BCUT2D eigenvalue weighted by Crippen LogP contribution is 2.16. The number of likely N-dealkylation sites (N-methyl/N-ethyl adjacent to an activating group) is 1. The normalized spacial score (nSPS) is 22.6. The highest BCUT2D eigenvalue weighted by Gasteiger charge is 2.12. The van der Waals surface area contributed by atoms with Crippen LogP contribution in [0.1, 0.15) is 40.0 Å². The molecule has 0 spiro atoms. The van der Waals surface area contributed by atoms with Crippen molar-refractivity contribution in [1.29, 1.82) is 0 Å². The van der Waals surface area contributed by atoms with Gasteiger partial charge in [0.25, 0.3) is 0 Å². The average molecular weight is 224 g/mol. The minimum absolute atomic E-state index is 0.616. The summed E-state index contributed by atoms with van der Waals surface area (Å²) < 4.78 is 0. The third-order valence-corrected chi connectivity index (χ3v) is 3.56. The number of nitrogens with one attached hydrogen (secondary N) is 1. The fourth-order valence-electron chi connectivity index (χ4n) is 2.34. The van der Waals surface area contributed by atoms with Gasteiger partial charge in [-0.3, -0.25) is 0 Å². The lowest BCUT2D eigenvalue weighted by Gasteiger charge is -2.26. The van der Waals surface area contributed by atoms with Gasteiger partial charge in [-0.05, 0) is 51.7 Å². The molecule has 1 N–H and O–H groups in total. The molecule has 1 rings (SSSR count). The van der Waals surface area contributed by atoms with E-state index in [9.17, 15) is 0 Å². The first-order valence-electron chi connectivity index (χ1n) is 6.87. The van der Waals surface area contributed by atoms with Crippen molar-refractivity contribution in [2.24, 2.45) is 5.92 Å². The molecule has 94 valence electrons. The highest BCUT2D eigenvalue weighted by molar-refractivity contribution is 4.90. The third-order valence-electron chi connectivity index (χ3n) is 3.56. The van der Waals surface area contributed by atoms with Crippen LogP contribution in [0.2, 0.25) is 0 Å². The lowest BCUT2D eigenvalue weighted by molar-refractivity contribution is 0.264. The standard InChI is InChI=1S/C14H28N2/c1-4-16(5-2)12-13(3)15-11-14-9-7-6-8-10-14/h6-7,13-15H,4-5,8-12H2,1-3H3. The molecule has 0 aliphatic heterocycles. The van der Waals surface area contributed by atoms with E-state index in [4.69, 9.17) is 0 Å². The van der Waals surface area contributed by atoms with Gasteiger partial charge in [0, 0.05) is 12.6 Å². The van der Waals surface area contributed by atoms with Crippen LogP contribution < -0.4 is 5.32 Å². The van der Waals surface area contributed by atoms with E-state index in [1.807, 2.05) is 0 Å². The molecule has 0 aromatic carbocycles. The molecule has 2 nitrogen and oxygen atoms in total. The largest absolute Gasteiger partial charge is 0.313 e. The molecular formula is C14H28N2. The maximum absolute atomic E-state index is 3.68. The van der Waals surface area contributed by atoms with Crippen molar-refractivity contribution in [3.05, 3.63) is 12.2 Å². The molecular weight excluding hydrogens is 196 g/mol. The van der Waals surface area contributed by atoms with Crippen LogP contribution in [0.15, 0.2) is 12.2 Å². The van der Waals surface area contributed by atoms with Crippen molar-refractivity contribution in [1.82, 2.24) is 10.2 Å². The van der Waals surface area contributed by atoms with Crippen molar-refractivity contribution in [2.45, 2.75) is 46.1 Å². The lowest BCUT2D eigenvalue weighted by atomic mass is 9.94. The number of hydrogen-bond acceptors (Lipinski definition) is 2. The fraction of sp³-hybridized carbons (Fsp3) is 0.857. The first-order valence-corrected chi connectivity index (χ1v) is 6.87. The Balaban J connectivity index is 2.13. The Labute approximate surface area is 101 Å². The minimum Gasteiger partial charge on any atom is -0.313 e. The Bertz CT molecular complexity index is 197. The van der Waals surface area contributed by atoms with Crippen LogP contribution in [-0.4, -0.2) is 37.1 Å². The van der Waals surface area contributed by atoms with Crippen molar-refractivity contribution in [3.63, 3.8) is 0 Å². The zero-order valence-electron chi connectivity index (χ0n) is 11.2. The molecule has 0 saturated carbocycles. The summed E-state index contributed by atoms with van der Waals surface area (Å²) in [6.45, 7) is 11.5. The van der Waals surface area contributed by atoms with E-state index in [-0.39, 0.29) is 0 Å². The average Bonchev–Trinajstić information content (AvgIpc) is 2.34. The molecule has 1 aliphatic carbocycles. The molecule has 0 radical (unpaired) electrons. The molecule has 0 fully saturated rings. The number of hydrogen-bond donors (Lipinski definition) is 1. The minimum atomic E-state index is 0.616. The maximum atomic E-state index is 3.68. The summed E-state index contributed by atoms with van der Waals surface area (Å²) in [6.07, 6.45) is 8.56. The van der Waals surface area contributed by atoms with Gasteiger partial charge in [0.15, 0.2) is 0 Å². The van der Waals surface area contributed by atoms with Crippen molar-refractivity contribution in [3.8, 4) is 0 Å². The van der Waals surface area contributed by atoms with E-state index < -0.39 is 0 Å². The van der Waals surface area contributed by atoms with Gasteiger partial charge >= 0.3 is 0 Å². The molecule has 1 aliphatic rings. The number of rotatable bonds is 7. The van der Waals surface area contributed by atoms with Gasteiger partial charge in [-0.25, -0.2) is 0 Å². The summed E-state index contributed by atoms with van der Waals surface area (Å²) in [5.41, 5.74) is 0. The van der Waals surface area contributed by atoms with Crippen molar-refractivity contribution in [2.75, 3.05) is 26.2 Å². The summed E-state index contributed by atoms with van der Waals surface area (Å²) in [5.74, 6) is 0.865. The first kappa shape index (κ1) is 13.7. The summed E-state index contributed by atoms with van der Waals surface area (Å²) >= 11 is 0. The Morgan fingerprint density at radius 1 is 1.31 bits per heavy atom. The summed E-state index contributed by atoms with van der Waals surface area (Å²) in [4.78, 5) is 2.48. The molecule has 0 heterocycles. The Morgan fingerprint density at radius 2 is 2.06 bits per heavy atom. The molecule has 0 aromatic rings. The Morgan fingerprint density at radius 3 is 2.62 bits per heavy atom. The van der Waals surface area contributed by atoms with Gasteiger partial charge in [0.1, 0.15) is 0 Å². The van der Waals surface area contributed by atoms with Crippen LogP contribution >= 0.6 is 0 Å². The van der Waals surface area contributed by atoms with Crippen LogP contribution in [-0.2, 0) is 0 Å². The zero-order valence-corrected chi connectivity index (χ0v) is 11.2. The van der Waals surface area contributed by atoms with Gasteiger partial charge in [0.05, 0.1) is 0 Å². The van der Waals surface area contributed by atoms with Gasteiger partial charge in [-0.1, -0.05) is 26.0 Å². The zero-order chi connectivity index (χ0) is 11.8. The van der Waals surface area contributed by atoms with E-state index >= 15 is 0 Å². The van der Waals surface area contributed by atoms with E-state index in [0.717, 1.165) is 19.0 Å². The Hall–Kier alpha value is -0.340. The Kier molecular flexibility index (Phi) is 6.74. The van der Waals surface area contributed by atoms with Crippen molar-refractivity contribution < 1.29 is 0 Å². The molecule has 0 amide bonds. The summed E-state index contributed by atoms with van der Waals surface area (Å²) in [5, 5.41) is 3.68. The van der Waals surface area contributed by atoms with E-state index in [2.05, 4.69) is 43.1 Å². The molecule has 2 heteroatoms. The van der Waals surface area contributed by atoms with Gasteiger partial charge in [0.2, 0.25) is 0 Å². The maximum Gasteiger partial charge on any atom is 0.0166 e. The summed E-state index contributed by atoms with van der Waals surface area (Å²) in [6, 6.07) is 0.616. The van der Waals surface area contributed by atoms with Crippen LogP contribution in [0.5, 0.6) is 0 Å². The second kappa shape index (κ2) is 7.86. The van der Waals surface area contributed by atoms with E-state index in [1.165, 1.54) is 32.4 Å². The van der Waals surface area contributed by atoms with Crippen LogP contribution in [0, 0.1) is 5.92 Å². The first-order chi connectivity index (χ1) is 7.76. The molecule has 2 atom stereocenters. The fourth-order valence-corrected chi connectivity index (χ4v) is 2.34. The second-order valence-electron chi connectivity index (χ2n) is 4.95. The number of nitrogens with zero attached hydrogens (tertiary/aromatic N) is 1. The van der Waals surface area contributed by atoms with Gasteiger partial charge < -0.3 is 10.2 Å². The highest BCUT2D eigenvalue weighted by atomic mass is 15.1. The van der Waals surface area contributed by atoms with E-state index in [1.54, 1.807) is 0 Å². The van der Waals surface area contributed by atoms with Crippen LogP contribution in [0.3, 0.4) is 0 Å². The van der Waals surface area contributed by atoms with Gasteiger partial charge in [-0.2, -0.15) is 0 Å². The molecule has 0 aromatic heterocycles. The predicted octanol–water partition coefficient (Wildman–Crippen LogP) is 2.66.